The maximum absolute atomic E-state index is 14.7. The number of aliphatic carboxylic acids is 1. The number of hydrazine groups is 1. The first-order chi connectivity index (χ1) is 31.4. The van der Waals surface area contributed by atoms with Crippen LogP contribution in [0.1, 0.15) is 114 Å². The molecule has 1 unspecified atom stereocenters. The van der Waals surface area contributed by atoms with Gasteiger partial charge in [-0.15, -0.1) is 16.9 Å². The minimum absolute atomic E-state index is 0.0687. The molecule has 4 amide bonds. The van der Waals surface area contributed by atoms with Crippen molar-refractivity contribution in [3.63, 3.8) is 0 Å². The van der Waals surface area contributed by atoms with Gasteiger partial charge >= 0.3 is 11.9 Å². The Morgan fingerprint density at radius 3 is 2.42 bits per heavy atom. The lowest BCUT2D eigenvalue weighted by Crippen LogP contribution is -2.59. The fourth-order valence-electron chi connectivity index (χ4n) is 7.40. The van der Waals surface area contributed by atoms with Crippen molar-refractivity contribution in [3.8, 4) is 5.75 Å². The van der Waals surface area contributed by atoms with Gasteiger partial charge in [0.05, 0.1) is 17.7 Å². The number of nitrogens with two attached hydrogens (primary N) is 1. The molecule has 2 aromatic rings. The highest BCUT2D eigenvalue weighted by Gasteiger charge is 2.37. The van der Waals surface area contributed by atoms with Gasteiger partial charge in [0.15, 0.2) is 6.73 Å². The van der Waals surface area contributed by atoms with Crippen molar-refractivity contribution >= 4 is 68.5 Å². The molecule has 21 heteroatoms. The summed E-state index contributed by atoms with van der Waals surface area (Å²) in [5.41, 5.74) is 11.5. The molecule has 0 bridgehead atoms. The molecule has 1 aliphatic heterocycles. The summed E-state index contributed by atoms with van der Waals surface area (Å²) in [5.74, 6) is -2.73. The van der Waals surface area contributed by atoms with E-state index >= 15 is 0 Å². The van der Waals surface area contributed by atoms with Crippen molar-refractivity contribution in [2.45, 2.75) is 136 Å². The van der Waals surface area contributed by atoms with Crippen LogP contribution in [0.2, 0.25) is 0 Å². The second kappa shape index (κ2) is 29.7. The van der Waals surface area contributed by atoms with Gasteiger partial charge in [-0.3, -0.25) is 43.9 Å². The number of carboxylic acids is 1. The van der Waals surface area contributed by atoms with Crippen LogP contribution < -0.4 is 27.4 Å². The molecule has 0 aliphatic carbocycles. The maximum Gasteiger partial charge on any atom is 0.321 e. The van der Waals surface area contributed by atoms with E-state index in [9.17, 15) is 33.9 Å². The van der Waals surface area contributed by atoms with E-state index in [-0.39, 0.29) is 79.0 Å². The van der Waals surface area contributed by atoms with Crippen molar-refractivity contribution < 1.29 is 48.6 Å². The van der Waals surface area contributed by atoms with Gasteiger partial charge in [0.25, 0.3) is 5.91 Å². The number of phenolic OH excluding ortho intramolecular Hbond substituents is 1. The number of ether oxygens (including phenoxy) is 1. The van der Waals surface area contributed by atoms with Crippen LogP contribution in [0.4, 0.5) is 0 Å². The lowest BCUT2D eigenvalue weighted by Gasteiger charge is -2.39. The van der Waals surface area contributed by atoms with Gasteiger partial charge in [-0.2, -0.15) is 0 Å². The zero-order valence-corrected chi connectivity index (χ0v) is 41.9. The van der Waals surface area contributed by atoms with Crippen molar-refractivity contribution in [1.82, 2.24) is 36.4 Å². The first-order valence-electron chi connectivity index (χ1n) is 22.8. The SMILES string of the molecule is CCCC(=O)OCN(C(=O)[C@@H](NC(=O)[C@H]1CCCCN1C)C(C)CC)[C@H](CCc1nc(C(=O)N[C@@H](Cc2ccc(O)cc2)C[C@H](C)C(=O)NNOCCSSC[C@H](N)C(=O)O)cs1)C(C)C. The van der Waals surface area contributed by atoms with Gasteiger partial charge in [0, 0.05) is 47.7 Å². The molecule has 0 radical (unpaired) electrons. The lowest BCUT2D eigenvalue weighted by molar-refractivity contribution is -0.159. The normalized spacial score (nSPS) is 16.9. The minimum atomic E-state index is -1.07. The molecule has 1 aliphatic rings. The Morgan fingerprint density at radius 2 is 1.77 bits per heavy atom. The Morgan fingerprint density at radius 1 is 1.05 bits per heavy atom. The summed E-state index contributed by atoms with van der Waals surface area (Å²) in [7, 11) is 4.63. The number of rotatable bonds is 30. The van der Waals surface area contributed by atoms with Crippen LogP contribution in [0, 0.1) is 17.8 Å². The van der Waals surface area contributed by atoms with Crippen LogP contribution >= 0.6 is 32.9 Å². The average molecular weight is 981 g/mol. The van der Waals surface area contributed by atoms with Crippen molar-refractivity contribution in [1.29, 1.82) is 0 Å². The molecule has 2 heterocycles. The molecule has 66 heavy (non-hydrogen) atoms. The molecule has 7 atom stereocenters. The van der Waals surface area contributed by atoms with Gasteiger partial charge in [-0.25, -0.2) is 4.98 Å². The van der Waals surface area contributed by atoms with E-state index in [1.807, 2.05) is 46.6 Å². The third-order valence-corrected chi connectivity index (χ3v) is 14.9. The lowest BCUT2D eigenvalue weighted by atomic mass is 9.93. The number of piperidine rings is 1. The third-order valence-electron chi connectivity index (χ3n) is 11.6. The van der Waals surface area contributed by atoms with Gasteiger partial charge in [-0.05, 0) is 81.6 Å². The zero-order chi connectivity index (χ0) is 48.8. The Bertz CT molecular complexity index is 1840. The Kier molecular flexibility index (Phi) is 25.3. The molecule has 8 N–H and O–H groups in total. The molecule has 0 spiro atoms. The van der Waals surface area contributed by atoms with E-state index in [2.05, 4.69) is 26.6 Å². The smallest absolute Gasteiger partial charge is 0.321 e. The van der Waals surface area contributed by atoms with Crippen LogP contribution in [0.25, 0.3) is 0 Å². The monoisotopic (exact) mass is 980 g/mol. The van der Waals surface area contributed by atoms with Crippen LogP contribution in [0.3, 0.4) is 0 Å². The van der Waals surface area contributed by atoms with E-state index in [1.54, 1.807) is 41.5 Å². The minimum Gasteiger partial charge on any atom is -0.508 e. The molecule has 370 valence electrons. The quantitative estimate of drug-likeness (QED) is 0.0185. The first kappa shape index (κ1) is 56.3. The number of likely N-dealkylation sites (N-methyl/N-ethyl adjacent to an activating group) is 1. The highest BCUT2D eigenvalue weighted by atomic mass is 33.1. The number of hydrogen-bond acceptors (Lipinski definition) is 16. The zero-order valence-electron chi connectivity index (χ0n) is 39.4. The standard InChI is InChI=1S/C45H72N8O10S3/c1-8-12-39(55)62-27-53(44(59)40(29(5)9-2)49-43(58)37-13-10-11-20-52(37)7)36(28(3)4)18-19-38-48-35(26-64-38)42(57)47-32(24-31-14-16-33(54)17-15-31)23-30(6)41(56)50-51-63-21-22-65-66-25-34(46)45(60)61/h14-17,26,28-30,32,34,36-37,40,51,54H,8-13,18-25,27,46H2,1-7H3,(H,47,57)(H,49,58)(H,50,56)(H,60,61)/t29?,30-,32+,34-,36+,37+,40-/m0/s1. The highest BCUT2D eigenvalue weighted by molar-refractivity contribution is 8.76. The van der Waals surface area contributed by atoms with Crippen LogP contribution in [-0.4, -0.2) is 129 Å². The van der Waals surface area contributed by atoms with E-state index in [1.165, 1.54) is 32.9 Å². The number of nitrogens with one attached hydrogen (secondary N) is 4. The number of nitrogens with zero attached hydrogens (tertiary/aromatic N) is 3. The first-order valence-corrected chi connectivity index (χ1v) is 26.2. The van der Waals surface area contributed by atoms with E-state index in [0.717, 1.165) is 24.9 Å². The predicted molar refractivity (Wildman–Crippen MR) is 258 cm³/mol. The number of amides is 4. The molecular formula is C45H72N8O10S3. The van der Waals surface area contributed by atoms with Crippen LogP contribution in [0.5, 0.6) is 5.75 Å². The number of phenols is 1. The molecule has 1 saturated heterocycles. The summed E-state index contributed by atoms with van der Waals surface area (Å²) in [4.78, 5) is 92.2. The van der Waals surface area contributed by atoms with Gasteiger partial charge in [0.1, 0.15) is 23.5 Å². The number of aromatic nitrogens is 1. The summed E-state index contributed by atoms with van der Waals surface area (Å²) in [5, 5.41) is 27.2. The molecular weight excluding hydrogens is 909 g/mol. The molecule has 18 nitrogen and oxygen atoms in total. The summed E-state index contributed by atoms with van der Waals surface area (Å²) >= 11 is 1.32. The van der Waals surface area contributed by atoms with Crippen molar-refractivity contribution in [2.24, 2.45) is 23.5 Å². The van der Waals surface area contributed by atoms with Crippen LogP contribution in [0.15, 0.2) is 29.6 Å². The molecule has 1 fully saturated rings. The fraction of sp³-hybridized carbons (Fsp3) is 0.667. The number of likely N-dealkylation sites (tertiary alicyclic amines) is 1. The number of hydrogen-bond donors (Lipinski definition) is 7. The Labute approximate surface area is 401 Å². The predicted octanol–water partition coefficient (Wildman–Crippen LogP) is 4.66. The fourth-order valence-corrected chi connectivity index (χ4v) is 10.1. The largest absolute Gasteiger partial charge is 0.508 e. The third kappa shape index (κ3) is 19.3. The highest BCUT2D eigenvalue weighted by Crippen LogP contribution is 2.25. The summed E-state index contributed by atoms with van der Waals surface area (Å²) in [6.07, 6.45) is 5.60. The van der Waals surface area contributed by atoms with Gasteiger partial charge in [0.2, 0.25) is 17.7 Å². The molecule has 3 rings (SSSR count). The van der Waals surface area contributed by atoms with Crippen molar-refractivity contribution in [2.75, 3.05) is 38.4 Å². The van der Waals surface area contributed by atoms with E-state index < -0.39 is 47.9 Å². The van der Waals surface area contributed by atoms with E-state index in [0.29, 0.717) is 49.3 Å². The summed E-state index contributed by atoms with van der Waals surface area (Å²) in [6, 6.07) is 3.61. The topological polar surface area (TPSA) is 255 Å². The van der Waals surface area contributed by atoms with Crippen molar-refractivity contribution in [3.05, 3.63) is 45.9 Å². The second-order valence-corrected chi connectivity index (χ2v) is 20.8. The average Bonchev–Trinajstić information content (AvgIpc) is 3.77. The number of aromatic hydroxyl groups is 1. The molecule has 0 saturated carbocycles. The Balaban J connectivity index is 1.71. The van der Waals surface area contributed by atoms with Gasteiger partial charge in [-0.1, -0.05) is 88.1 Å². The second-order valence-electron chi connectivity index (χ2n) is 17.2. The summed E-state index contributed by atoms with van der Waals surface area (Å²) < 4.78 is 5.68. The molecule has 1 aromatic carbocycles. The number of aryl methyl sites for hydroxylation is 1. The maximum atomic E-state index is 14.7. The number of carboxylic acid groups (broad SMARTS) is 1. The summed E-state index contributed by atoms with van der Waals surface area (Å²) in [6.45, 7) is 12.3. The van der Waals surface area contributed by atoms with Gasteiger partial charge < -0.3 is 36.2 Å². The number of thiazole rings is 1. The van der Waals surface area contributed by atoms with Crippen LogP contribution in [-0.2, 0) is 46.4 Å². The number of carbonyl (C=O) groups excluding carboxylic acids is 5. The number of carbonyl (C=O) groups is 6. The molecule has 1 aromatic heterocycles. The number of benzene rings is 1. The number of esters is 1. The van der Waals surface area contributed by atoms with E-state index in [4.69, 9.17) is 20.4 Å². The Hall–Kier alpha value is -3.99.